The minimum atomic E-state index is -0.0366. The van der Waals surface area contributed by atoms with Gasteiger partial charge in [0.1, 0.15) is 12.4 Å². The number of hydrogen-bond acceptors (Lipinski definition) is 3. The van der Waals surface area contributed by atoms with Crippen LogP contribution in [-0.4, -0.2) is 31.6 Å². The zero-order chi connectivity index (χ0) is 14.2. The van der Waals surface area contributed by atoms with E-state index in [1.54, 1.807) is 0 Å². The molecule has 1 amide bonds. The van der Waals surface area contributed by atoms with Crippen LogP contribution in [0.25, 0.3) is 0 Å². The van der Waals surface area contributed by atoms with Crippen LogP contribution in [0.2, 0.25) is 0 Å². The largest absolute Gasteiger partial charge is 0.492 e. The molecule has 110 valence electrons. The van der Waals surface area contributed by atoms with Gasteiger partial charge < -0.3 is 15.4 Å². The van der Waals surface area contributed by atoms with Crippen LogP contribution in [0, 0.1) is 5.92 Å². The van der Waals surface area contributed by atoms with E-state index in [1.807, 2.05) is 30.3 Å². The number of rotatable bonds is 6. The molecule has 1 aromatic rings. The van der Waals surface area contributed by atoms with E-state index in [4.69, 9.17) is 4.74 Å². The van der Waals surface area contributed by atoms with Gasteiger partial charge in [0.25, 0.3) is 0 Å². The molecule has 0 aliphatic carbocycles. The number of benzene rings is 1. The van der Waals surface area contributed by atoms with E-state index in [9.17, 15) is 4.79 Å². The molecule has 2 N–H and O–H groups in total. The van der Waals surface area contributed by atoms with Crippen molar-refractivity contribution < 1.29 is 9.53 Å². The van der Waals surface area contributed by atoms with Gasteiger partial charge >= 0.3 is 0 Å². The molecular weight excluding hydrogens is 252 g/mol. The number of para-hydroxylation sites is 1. The van der Waals surface area contributed by atoms with Gasteiger partial charge in [0.2, 0.25) is 5.91 Å². The second-order valence-corrected chi connectivity index (χ2v) is 5.26. The molecule has 1 fully saturated rings. The summed E-state index contributed by atoms with van der Waals surface area (Å²) in [5, 5.41) is 6.23. The van der Waals surface area contributed by atoms with Gasteiger partial charge in [-0.25, -0.2) is 0 Å². The van der Waals surface area contributed by atoms with E-state index in [2.05, 4.69) is 17.6 Å². The molecule has 2 rings (SSSR count). The minimum Gasteiger partial charge on any atom is -0.492 e. The highest BCUT2D eigenvalue weighted by Crippen LogP contribution is 2.19. The quantitative estimate of drug-likeness (QED) is 0.781. The summed E-state index contributed by atoms with van der Waals surface area (Å²) in [7, 11) is 0. The standard InChI is InChI=1S/C16H24N2O2/c1-2-13-8-9-17-15(12-13)16(19)18-10-11-20-14-6-4-3-5-7-14/h3-7,13,15,17H,2,8-12H2,1H3,(H,18,19). The minimum absolute atomic E-state index is 0.0366. The molecule has 0 saturated carbocycles. The average molecular weight is 276 g/mol. The number of carbonyl (C=O) groups is 1. The van der Waals surface area contributed by atoms with Gasteiger partial charge in [-0.05, 0) is 37.4 Å². The lowest BCUT2D eigenvalue weighted by atomic mass is 9.90. The van der Waals surface area contributed by atoms with Crippen LogP contribution in [0.3, 0.4) is 0 Å². The molecule has 0 bridgehead atoms. The lowest BCUT2D eigenvalue weighted by molar-refractivity contribution is -0.124. The second kappa shape index (κ2) is 7.90. The molecule has 2 atom stereocenters. The lowest BCUT2D eigenvalue weighted by Gasteiger charge is -2.28. The highest BCUT2D eigenvalue weighted by molar-refractivity contribution is 5.81. The zero-order valence-electron chi connectivity index (χ0n) is 12.1. The van der Waals surface area contributed by atoms with Crippen molar-refractivity contribution in [3.8, 4) is 5.75 Å². The van der Waals surface area contributed by atoms with Gasteiger partial charge in [-0.2, -0.15) is 0 Å². The van der Waals surface area contributed by atoms with Crippen molar-refractivity contribution in [2.75, 3.05) is 19.7 Å². The van der Waals surface area contributed by atoms with E-state index in [-0.39, 0.29) is 11.9 Å². The van der Waals surface area contributed by atoms with Gasteiger partial charge in [-0.1, -0.05) is 31.5 Å². The summed E-state index contributed by atoms with van der Waals surface area (Å²) in [6.07, 6.45) is 3.28. The first-order chi connectivity index (χ1) is 9.79. The predicted molar refractivity (Wildman–Crippen MR) is 79.8 cm³/mol. The van der Waals surface area contributed by atoms with E-state index < -0.39 is 0 Å². The zero-order valence-corrected chi connectivity index (χ0v) is 12.1. The van der Waals surface area contributed by atoms with Crippen molar-refractivity contribution >= 4 is 5.91 Å². The van der Waals surface area contributed by atoms with Crippen molar-refractivity contribution in [2.45, 2.75) is 32.2 Å². The summed E-state index contributed by atoms with van der Waals surface area (Å²) in [6, 6.07) is 9.61. The Kier molecular flexibility index (Phi) is 5.87. The van der Waals surface area contributed by atoms with E-state index >= 15 is 0 Å². The number of amides is 1. The molecular formula is C16H24N2O2. The molecule has 1 aliphatic rings. The Hall–Kier alpha value is -1.55. The Bertz CT molecular complexity index is 408. The molecule has 4 heteroatoms. The van der Waals surface area contributed by atoms with E-state index in [1.165, 1.54) is 6.42 Å². The number of nitrogens with one attached hydrogen (secondary N) is 2. The Balaban J connectivity index is 1.65. The third kappa shape index (κ3) is 4.53. The molecule has 1 aromatic carbocycles. The fourth-order valence-electron chi connectivity index (χ4n) is 2.55. The highest BCUT2D eigenvalue weighted by atomic mass is 16.5. The third-order valence-corrected chi connectivity index (χ3v) is 3.82. The van der Waals surface area contributed by atoms with Gasteiger partial charge in [-0.3, -0.25) is 4.79 Å². The third-order valence-electron chi connectivity index (χ3n) is 3.82. The van der Waals surface area contributed by atoms with E-state index in [0.717, 1.165) is 25.1 Å². The number of carbonyl (C=O) groups excluding carboxylic acids is 1. The highest BCUT2D eigenvalue weighted by Gasteiger charge is 2.25. The second-order valence-electron chi connectivity index (χ2n) is 5.26. The summed E-state index contributed by atoms with van der Waals surface area (Å²) in [6.45, 7) is 4.18. The maximum atomic E-state index is 12.0. The Morgan fingerprint density at radius 1 is 1.40 bits per heavy atom. The SMILES string of the molecule is CCC1CCNC(C(=O)NCCOc2ccccc2)C1. The van der Waals surface area contributed by atoms with Crippen molar-refractivity contribution in [2.24, 2.45) is 5.92 Å². The van der Waals surface area contributed by atoms with Crippen LogP contribution in [0.5, 0.6) is 5.75 Å². The van der Waals surface area contributed by atoms with Gasteiger partial charge in [0.15, 0.2) is 0 Å². The number of ether oxygens (including phenoxy) is 1. The van der Waals surface area contributed by atoms with Crippen LogP contribution < -0.4 is 15.4 Å². The fraction of sp³-hybridized carbons (Fsp3) is 0.562. The molecule has 1 aliphatic heterocycles. The maximum Gasteiger partial charge on any atom is 0.237 e. The first-order valence-electron chi connectivity index (χ1n) is 7.48. The molecule has 0 radical (unpaired) electrons. The summed E-state index contributed by atoms with van der Waals surface area (Å²) < 4.78 is 5.55. The maximum absolute atomic E-state index is 12.0. The molecule has 2 unspecified atom stereocenters. The number of piperidine rings is 1. The molecule has 20 heavy (non-hydrogen) atoms. The summed E-state index contributed by atoms with van der Waals surface area (Å²) >= 11 is 0. The molecule has 1 heterocycles. The van der Waals surface area contributed by atoms with E-state index in [0.29, 0.717) is 19.1 Å². The van der Waals surface area contributed by atoms with Crippen molar-refractivity contribution in [3.63, 3.8) is 0 Å². The Labute approximate surface area is 120 Å². The molecule has 0 spiro atoms. The first-order valence-corrected chi connectivity index (χ1v) is 7.48. The number of hydrogen-bond donors (Lipinski definition) is 2. The van der Waals surface area contributed by atoms with Crippen LogP contribution in [0.15, 0.2) is 30.3 Å². The van der Waals surface area contributed by atoms with Gasteiger partial charge in [0.05, 0.1) is 12.6 Å². The fourth-order valence-corrected chi connectivity index (χ4v) is 2.55. The summed E-state index contributed by atoms with van der Waals surface area (Å²) in [5.41, 5.74) is 0. The first kappa shape index (κ1) is 14.9. The van der Waals surface area contributed by atoms with Crippen molar-refractivity contribution in [1.82, 2.24) is 10.6 Å². The molecule has 1 saturated heterocycles. The van der Waals surface area contributed by atoms with Crippen molar-refractivity contribution in [1.29, 1.82) is 0 Å². The normalized spacial score (nSPS) is 22.2. The average Bonchev–Trinajstić information content (AvgIpc) is 2.52. The van der Waals surface area contributed by atoms with Crippen molar-refractivity contribution in [3.05, 3.63) is 30.3 Å². The summed E-state index contributed by atoms with van der Waals surface area (Å²) in [4.78, 5) is 12.0. The van der Waals surface area contributed by atoms with Crippen LogP contribution in [-0.2, 0) is 4.79 Å². The predicted octanol–water partition coefficient (Wildman–Crippen LogP) is 1.96. The smallest absolute Gasteiger partial charge is 0.237 e. The summed E-state index contributed by atoms with van der Waals surface area (Å²) in [5.74, 6) is 1.61. The molecule has 4 nitrogen and oxygen atoms in total. The monoisotopic (exact) mass is 276 g/mol. The lowest BCUT2D eigenvalue weighted by Crippen LogP contribution is -2.49. The van der Waals surface area contributed by atoms with Gasteiger partial charge in [0, 0.05) is 0 Å². The van der Waals surface area contributed by atoms with Crippen LogP contribution >= 0.6 is 0 Å². The van der Waals surface area contributed by atoms with Gasteiger partial charge in [-0.15, -0.1) is 0 Å². The van der Waals surface area contributed by atoms with Crippen LogP contribution in [0.4, 0.5) is 0 Å². The molecule has 0 aromatic heterocycles. The topological polar surface area (TPSA) is 50.4 Å². The Morgan fingerprint density at radius 3 is 2.95 bits per heavy atom. The van der Waals surface area contributed by atoms with Crippen LogP contribution in [0.1, 0.15) is 26.2 Å². The Morgan fingerprint density at radius 2 is 2.20 bits per heavy atom.